The number of aryl methyl sites for hydroxylation is 1. The number of nitrogens with zero attached hydrogens (tertiary/aromatic N) is 2. The molecule has 0 bridgehead atoms. The number of alkyl halides is 3. The van der Waals surface area contributed by atoms with Crippen molar-refractivity contribution in [1.29, 1.82) is 0 Å². The Hall–Kier alpha value is -1.56. The summed E-state index contributed by atoms with van der Waals surface area (Å²) < 4.78 is 44.5. The van der Waals surface area contributed by atoms with E-state index in [1.54, 1.807) is 31.2 Å². The van der Waals surface area contributed by atoms with Crippen molar-refractivity contribution in [2.45, 2.75) is 39.3 Å². The van der Waals surface area contributed by atoms with Crippen LogP contribution in [0.3, 0.4) is 0 Å². The maximum Gasteiger partial charge on any atom is 0.420 e. The normalized spacial score (nSPS) is 23.7. The molecule has 2 rings (SSSR count). The maximum absolute atomic E-state index is 13.1. The first-order valence-electron chi connectivity index (χ1n) is 6.47. The molecule has 20 heavy (non-hydrogen) atoms. The van der Waals surface area contributed by atoms with Crippen LogP contribution in [0.25, 0.3) is 0 Å². The number of hydrazone groups is 1. The van der Waals surface area contributed by atoms with E-state index in [0.717, 1.165) is 5.56 Å². The standard InChI is InChI=1S/C14H17F3N2O/c1-4-19-10(3)20-13(14(15,16)17)12(18-19)11-7-5-9(2)6-8-11/h5-8,10,13H,4H2,1-3H3. The Balaban J connectivity index is 2.45. The number of rotatable bonds is 2. The second-order valence-electron chi connectivity index (χ2n) is 4.76. The molecule has 0 saturated carbocycles. The van der Waals surface area contributed by atoms with Crippen molar-refractivity contribution in [3.05, 3.63) is 35.4 Å². The smallest absolute Gasteiger partial charge is 0.338 e. The van der Waals surface area contributed by atoms with Gasteiger partial charge in [0.25, 0.3) is 0 Å². The summed E-state index contributed by atoms with van der Waals surface area (Å²) in [4.78, 5) is 0. The van der Waals surface area contributed by atoms with Gasteiger partial charge in [0.15, 0.2) is 6.10 Å². The van der Waals surface area contributed by atoms with Gasteiger partial charge in [0.2, 0.25) is 0 Å². The van der Waals surface area contributed by atoms with Crippen molar-refractivity contribution in [3.63, 3.8) is 0 Å². The summed E-state index contributed by atoms with van der Waals surface area (Å²) in [7, 11) is 0. The molecular formula is C14H17F3N2O. The lowest BCUT2D eigenvalue weighted by molar-refractivity contribution is -0.230. The fourth-order valence-corrected chi connectivity index (χ4v) is 2.10. The predicted octanol–water partition coefficient (Wildman–Crippen LogP) is 3.33. The molecule has 3 nitrogen and oxygen atoms in total. The average molecular weight is 286 g/mol. The predicted molar refractivity (Wildman–Crippen MR) is 70.5 cm³/mol. The highest BCUT2D eigenvalue weighted by Crippen LogP contribution is 2.31. The van der Waals surface area contributed by atoms with Gasteiger partial charge in [-0.3, -0.25) is 5.01 Å². The second kappa shape index (κ2) is 5.44. The van der Waals surface area contributed by atoms with Crippen LogP contribution < -0.4 is 0 Å². The highest BCUT2D eigenvalue weighted by molar-refractivity contribution is 6.04. The molecule has 0 spiro atoms. The van der Waals surface area contributed by atoms with Crippen LogP contribution in [-0.4, -0.2) is 35.8 Å². The summed E-state index contributed by atoms with van der Waals surface area (Å²) in [6.07, 6.45) is -7.15. The van der Waals surface area contributed by atoms with E-state index in [1.165, 1.54) is 5.01 Å². The zero-order valence-corrected chi connectivity index (χ0v) is 11.6. The molecule has 0 aromatic heterocycles. The quantitative estimate of drug-likeness (QED) is 0.833. The Kier molecular flexibility index (Phi) is 4.04. The van der Waals surface area contributed by atoms with E-state index in [1.807, 2.05) is 13.8 Å². The first kappa shape index (κ1) is 14.8. The second-order valence-corrected chi connectivity index (χ2v) is 4.76. The lowest BCUT2D eigenvalue weighted by Crippen LogP contribution is -2.50. The van der Waals surface area contributed by atoms with Gasteiger partial charge in [-0.2, -0.15) is 18.3 Å². The van der Waals surface area contributed by atoms with Crippen molar-refractivity contribution < 1.29 is 17.9 Å². The van der Waals surface area contributed by atoms with Crippen LogP contribution >= 0.6 is 0 Å². The molecule has 1 heterocycles. The molecule has 1 aromatic carbocycles. The minimum absolute atomic E-state index is 0.0857. The summed E-state index contributed by atoms with van der Waals surface area (Å²) in [5, 5.41) is 5.65. The molecule has 0 aliphatic carbocycles. The number of hydrogen-bond acceptors (Lipinski definition) is 3. The van der Waals surface area contributed by atoms with E-state index in [2.05, 4.69) is 5.10 Å². The highest BCUT2D eigenvalue weighted by Gasteiger charge is 2.48. The summed E-state index contributed by atoms with van der Waals surface area (Å²) >= 11 is 0. The van der Waals surface area contributed by atoms with Crippen molar-refractivity contribution in [2.75, 3.05) is 6.54 Å². The maximum atomic E-state index is 13.1. The van der Waals surface area contributed by atoms with E-state index in [4.69, 9.17) is 4.74 Å². The Morgan fingerprint density at radius 1 is 1.25 bits per heavy atom. The van der Waals surface area contributed by atoms with Crippen molar-refractivity contribution in [2.24, 2.45) is 5.10 Å². The molecule has 0 saturated heterocycles. The van der Waals surface area contributed by atoms with Gasteiger partial charge in [0, 0.05) is 12.1 Å². The Morgan fingerprint density at radius 3 is 2.35 bits per heavy atom. The molecule has 2 unspecified atom stereocenters. The van der Waals surface area contributed by atoms with Gasteiger partial charge in [-0.1, -0.05) is 29.8 Å². The van der Waals surface area contributed by atoms with Crippen LogP contribution in [0.2, 0.25) is 0 Å². The topological polar surface area (TPSA) is 24.8 Å². The third-order valence-corrected chi connectivity index (χ3v) is 3.21. The molecule has 2 atom stereocenters. The lowest BCUT2D eigenvalue weighted by Gasteiger charge is -2.36. The summed E-state index contributed by atoms with van der Waals surface area (Å²) in [5.41, 5.74) is 1.33. The third-order valence-electron chi connectivity index (χ3n) is 3.21. The molecular weight excluding hydrogens is 269 g/mol. The van der Waals surface area contributed by atoms with Gasteiger partial charge < -0.3 is 4.74 Å². The van der Waals surface area contributed by atoms with Crippen molar-refractivity contribution in [3.8, 4) is 0 Å². The number of benzene rings is 1. The zero-order valence-electron chi connectivity index (χ0n) is 11.6. The van der Waals surface area contributed by atoms with E-state index in [-0.39, 0.29) is 5.71 Å². The SMILES string of the molecule is CCN1N=C(c2ccc(C)cc2)C(C(F)(F)F)OC1C. The zero-order chi connectivity index (χ0) is 14.9. The van der Waals surface area contributed by atoms with Crippen molar-refractivity contribution in [1.82, 2.24) is 5.01 Å². The number of ether oxygens (including phenoxy) is 1. The Morgan fingerprint density at radius 2 is 1.85 bits per heavy atom. The van der Waals surface area contributed by atoms with Crippen LogP contribution in [0.15, 0.2) is 29.4 Å². The molecule has 1 aliphatic rings. The van der Waals surface area contributed by atoms with Gasteiger partial charge in [-0.05, 0) is 20.8 Å². The fourth-order valence-electron chi connectivity index (χ4n) is 2.10. The molecule has 6 heteroatoms. The number of hydrogen-bond donors (Lipinski definition) is 0. The highest BCUT2D eigenvalue weighted by atomic mass is 19.4. The van der Waals surface area contributed by atoms with E-state index in [9.17, 15) is 13.2 Å². The van der Waals surface area contributed by atoms with Crippen LogP contribution in [-0.2, 0) is 4.74 Å². The van der Waals surface area contributed by atoms with Gasteiger partial charge >= 0.3 is 6.18 Å². The van der Waals surface area contributed by atoms with Crippen molar-refractivity contribution >= 4 is 5.71 Å². The summed E-state index contributed by atoms with van der Waals surface area (Å²) in [6, 6.07) is 6.80. The van der Waals surface area contributed by atoms with Crippen LogP contribution in [0.1, 0.15) is 25.0 Å². The minimum Gasteiger partial charge on any atom is -0.338 e. The Bertz CT molecular complexity index is 496. The molecule has 0 amide bonds. The Labute approximate surface area is 116 Å². The van der Waals surface area contributed by atoms with E-state index < -0.39 is 18.5 Å². The molecule has 0 fully saturated rings. The molecule has 1 aromatic rings. The molecule has 1 aliphatic heterocycles. The lowest BCUT2D eigenvalue weighted by atomic mass is 10.0. The third kappa shape index (κ3) is 2.95. The minimum atomic E-state index is -4.47. The van der Waals surface area contributed by atoms with Gasteiger partial charge in [0.1, 0.15) is 11.9 Å². The van der Waals surface area contributed by atoms with E-state index in [0.29, 0.717) is 12.1 Å². The van der Waals surface area contributed by atoms with E-state index >= 15 is 0 Å². The summed E-state index contributed by atoms with van der Waals surface area (Å²) in [6.45, 7) is 5.76. The fraction of sp³-hybridized carbons (Fsp3) is 0.500. The molecule has 0 N–H and O–H groups in total. The summed E-state index contributed by atoms with van der Waals surface area (Å²) in [5.74, 6) is 0. The van der Waals surface area contributed by atoms with Crippen LogP contribution in [0, 0.1) is 6.92 Å². The van der Waals surface area contributed by atoms with Gasteiger partial charge in [0.05, 0.1) is 0 Å². The molecule has 110 valence electrons. The average Bonchev–Trinajstić information content (AvgIpc) is 2.38. The van der Waals surface area contributed by atoms with Gasteiger partial charge in [-0.25, -0.2) is 0 Å². The van der Waals surface area contributed by atoms with Crippen LogP contribution in [0.5, 0.6) is 0 Å². The number of halogens is 3. The van der Waals surface area contributed by atoms with Crippen LogP contribution in [0.4, 0.5) is 13.2 Å². The van der Waals surface area contributed by atoms with Gasteiger partial charge in [-0.15, -0.1) is 0 Å². The molecule has 0 radical (unpaired) electrons. The first-order chi connectivity index (χ1) is 9.32. The largest absolute Gasteiger partial charge is 0.420 e. The monoisotopic (exact) mass is 286 g/mol. The first-order valence-corrected chi connectivity index (χ1v) is 6.47.